The van der Waals surface area contributed by atoms with Crippen LogP contribution in [0, 0.1) is 11.8 Å². The van der Waals surface area contributed by atoms with Gasteiger partial charge in [0.25, 0.3) is 0 Å². The van der Waals surface area contributed by atoms with Crippen LogP contribution in [0.4, 0.5) is 4.79 Å². The minimum absolute atomic E-state index is 0.0669. The van der Waals surface area contributed by atoms with E-state index in [1.165, 1.54) is 30.6 Å². The molecule has 2 amide bonds. The van der Waals surface area contributed by atoms with Crippen LogP contribution in [0.25, 0.3) is 0 Å². The molecule has 2 atom stereocenters. The van der Waals surface area contributed by atoms with Gasteiger partial charge in [0.15, 0.2) is 0 Å². The normalized spacial score (nSPS) is 25.6. The van der Waals surface area contributed by atoms with E-state index in [0.29, 0.717) is 18.5 Å². The minimum atomic E-state index is -0.929. The molecular weight excluding hydrogens is 268 g/mol. The van der Waals surface area contributed by atoms with Gasteiger partial charge >= 0.3 is 12.0 Å². The Morgan fingerprint density at radius 1 is 1.19 bits per heavy atom. The Balaban J connectivity index is 2.08. The lowest BCUT2D eigenvalue weighted by Crippen LogP contribution is -2.55. The van der Waals surface area contributed by atoms with E-state index in [1.54, 1.807) is 0 Å². The van der Waals surface area contributed by atoms with E-state index in [-0.39, 0.29) is 18.5 Å². The molecule has 0 radical (unpaired) electrons. The monoisotopic (exact) mass is 296 g/mol. The van der Waals surface area contributed by atoms with Crippen molar-refractivity contribution in [2.75, 3.05) is 19.6 Å². The number of carboxylic acids is 1. The summed E-state index contributed by atoms with van der Waals surface area (Å²) in [6.07, 6.45) is 7.03. The predicted molar refractivity (Wildman–Crippen MR) is 81.1 cm³/mol. The van der Waals surface area contributed by atoms with Gasteiger partial charge in [-0.15, -0.1) is 0 Å². The lowest BCUT2D eigenvalue weighted by molar-refractivity contribution is -0.138. The number of rotatable bonds is 4. The van der Waals surface area contributed by atoms with Gasteiger partial charge in [0.1, 0.15) is 6.54 Å². The van der Waals surface area contributed by atoms with Crippen LogP contribution in [-0.4, -0.2) is 52.6 Å². The van der Waals surface area contributed by atoms with Gasteiger partial charge in [0.2, 0.25) is 0 Å². The maximum Gasteiger partial charge on any atom is 0.323 e. The lowest BCUT2D eigenvalue weighted by Gasteiger charge is -2.45. The summed E-state index contributed by atoms with van der Waals surface area (Å²) in [5.74, 6) is -0.0244. The molecule has 2 unspecified atom stereocenters. The average molecular weight is 296 g/mol. The van der Waals surface area contributed by atoms with Crippen molar-refractivity contribution in [2.45, 2.75) is 58.4 Å². The van der Waals surface area contributed by atoms with Crippen LogP contribution in [0.15, 0.2) is 0 Å². The van der Waals surface area contributed by atoms with E-state index in [0.717, 1.165) is 19.4 Å². The number of carbonyl (C=O) groups excluding carboxylic acids is 1. The summed E-state index contributed by atoms with van der Waals surface area (Å²) in [6, 6.07) is 0.270. The van der Waals surface area contributed by atoms with Crippen molar-refractivity contribution in [2.24, 2.45) is 11.8 Å². The number of urea groups is 1. The second-order valence-electron chi connectivity index (χ2n) is 6.90. The van der Waals surface area contributed by atoms with Gasteiger partial charge in [0.05, 0.1) is 0 Å². The molecule has 0 bridgehead atoms. The molecule has 2 fully saturated rings. The first kappa shape index (κ1) is 16.1. The Bertz CT molecular complexity index is 382. The van der Waals surface area contributed by atoms with Crippen molar-refractivity contribution in [1.82, 2.24) is 9.80 Å². The van der Waals surface area contributed by atoms with Gasteiger partial charge in [-0.3, -0.25) is 4.79 Å². The number of amides is 2. The molecule has 5 heteroatoms. The first-order chi connectivity index (χ1) is 9.99. The fraction of sp³-hybridized carbons (Fsp3) is 0.875. The fourth-order valence-electron chi connectivity index (χ4n) is 3.86. The first-order valence-electron chi connectivity index (χ1n) is 8.26. The Labute approximate surface area is 127 Å². The van der Waals surface area contributed by atoms with Crippen molar-refractivity contribution in [3.63, 3.8) is 0 Å². The topological polar surface area (TPSA) is 60.9 Å². The summed E-state index contributed by atoms with van der Waals surface area (Å²) in [6.45, 7) is 5.14. The van der Waals surface area contributed by atoms with Gasteiger partial charge in [-0.05, 0) is 37.5 Å². The number of nitrogens with zero attached hydrogens (tertiary/aromatic N) is 2. The number of hydrogen-bond acceptors (Lipinski definition) is 2. The van der Waals surface area contributed by atoms with Crippen molar-refractivity contribution >= 4 is 12.0 Å². The second kappa shape index (κ2) is 7.14. The highest BCUT2D eigenvalue weighted by Crippen LogP contribution is 2.35. The second-order valence-corrected chi connectivity index (χ2v) is 6.90. The van der Waals surface area contributed by atoms with Gasteiger partial charge in [0, 0.05) is 19.1 Å². The fourth-order valence-corrected chi connectivity index (χ4v) is 3.86. The molecule has 21 heavy (non-hydrogen) atoms. The maximum absolute atomic E-state index is 12.8. The highest BCUT2D eigenvalue weighted by molar-refractivity contribution is 5.80. The zero-order chi connectivity index (χ0) is 15.4. The van der Waals surface area contributed by atoms with E-state index in [2.05, 4.69) is 0 Å². The molecule has 2 rings (SSSR count). The van der Waals surface area contributed by atoms with Crippen LogP contribution < -0.4 is 0 Å². The number of hydrogen-bond donors (Lipinski definition) is 1. The molecule has 1 heterocycles. The largest absolute Gasteiger partial charge is 0.480 e. The van der Waals surface area contributed by atoms with E-state index in [9.17, 15) is 9.59 Å². The Kier molecular flexibility index (Phi) is 5.48. The molecule has 1 saturated heterocycles. The highest BCUT2D eigenvalue weighted by atomic mass is 16.4. The van der Waals surface area contributed by atoms with Crippen molar-refractivity contribution in [3.05, 3.63) is 0 Å². The predicted octanol–water partition coefficient (Wildman–Crippen LogP) is 2.80. The molecular formula is C16H28N2O3. The molecule has 0 aromatic carbocycles. The van der Waals surface area contributed by atoms with Crippen LogP contribution in [0.2, 0.25) is 0 Å². The molecule has 1 saturated carbocycles. The first-order valence-corrected chi connectivity index (χ1v) is 8.26. The van der Waals surface area contributed by atoms with Gasteiger partial charge in [-0.1, -0.05) is 26.7 Å². The van der Waals surface area contributed by atoms with Crippen LogP contribution >= 0.6 is 0 Å². The highest BCUT2D eigenvalue weighted by Gasteiger charge is 2.37. The molecule has 0 spiro atoms. The van der Waals surface area contributed by atoms with Gasteiger partial charge < -0.3 is 14.9 Å². The van der Waals surface area contributed by atoms with Crippen molar-refractivity contribution < 1.29 is 14.7 Å². The third-order valence-corrected chi connectivity index (χ3v) is 4.67. The van der Waals surface area contributed by atoms with Crippen LogP contribution in [0.5, 0.6) is 0 Å². The van der Waals surface area contributed by atoms with Gasteiger partial charge in [-0.2, -0.15) is 0 Å². The minimum Gasteiger partial charge on any atom is -0.480 e. The summed E-state index contributed by atoms with van der Waals surface area (Å²) in [4.78, 5) is 27.4. The molecule has 120 valence electrons. The molecule has 5 nitrogen and oxygen atoms in total. The van der Waals surface area contributed by atoms with Crippen molar-refractivity contribution in [3.8, 4) is 0 Å². The number of carbonyl (C=O) groups is 2. The zero-order valence-electron chi connectivity index (χ0n) is 13.3. The zero-order valence-corrected chi connectivity index (χ0v) is 13.3. The number of likely N-dealkylation sites (tertiary alicyclic amines) is 1. The Hall–Kier alpha value is -1.26. The van der Waals surface area contributed by atoms with Crippen LogP contribution in [0.3, 0.4) is 0 Å². The molecule has 1 aliphatic carbocycles. The van der Waals surface area contributed by atoms with Gasteiger partial charge in [-0.25, -0.2) is 4.79 Å². The molecule has 0 aromatic heterocycles. The third-order valence-electron chi connectivity index (χ3n) is 4.67. The van der Waals surface area contributed by atoms with Crippen molar-refractivity contribution in [1.29, 1.82) is 0 Å². The number of fused-ring (bicyclic) bond motifs is 1. The standard InChI is InChI=1S/C16H28N2O3/c1-12(2)10-17(11-15(19)20)16(21)18-9-5-7-13-6-3-4-8-14(13)18/h12-14H,3-11H2,1-2H3,(H,19,20). The smallest absolute Gasteiger partial charge is 0.323 e. The SMILES string of the molecule is CC(C)CN(CC(=O)O)C(=O)N1CCCC2CCCCC21. The number of piperidine rings is 1. The molecule has 1 N–H and O–H groups in total. The Morgan fingerprint density at radius 2 is 1.86 bits per heavy atom. The summed E-state index contributed by atoms with van der Waals surface area (Å²) in [5, 5.41) is 9.06. The van der Waals surface area contributed by atoms with E-state index < -0.39 is 5.97 Å². The molecule has 1 aliphatic heterocycles. The quantitative estimate of drug-likeness (QED) is 0.867. The summed E-state index contributed by atoms with van der Waals surface area (Å²) >= 11 is 0. The van der Waals surface area contributed by atoms with E-state index in [1.807, 2.05) is 18.7 Å². The van der Waals surface area contributed by atoms with E-state index >= 15 is 0 Å². The number of aliphatic carboxylic acids is 1. The molecule has 0 aromatic rings. The third kappa shape index (κ3) is 4.11. The maximum atomic E-state index is 12.8. The average Bonchev–Trinajstić information content (AvgIpc) is 2.44. The summed E-state index contributed by atoms with van der Waals surface area (Å²) in [7, 11) is 0. The lowest BCUT2D eigenvalue weighted by atomic mass is 9.78. The van der Waals surface area contributed by atoms with E-state index in [4.69, 9.17) is 5.11 Å². The molecule has 2 aliphatic rings. The Morgan fingerprint density at radius 3 is 2.52 bits per heavy atom. The number of carboxylic acid groups (broad SMARTS) is 1. The summed E-state index contributed by atoms with van der Waals surface area (Å²) < 4.78 is 0. The van der Waals surface area contributed by atoms with Crippen LogP contribution in [-0.2, 0) is 4.79 Å². The summed E-state index contributed by atoms with van der Waals surface area (Å²) in [5.41, 5.74) is 0. The van der Waals surface area contributed by atoms with Crippen LogP contribution in [0.1, 0.15) is 52.4 Å².